The summed E-state index contributed by atoms with van der Waals surface area (Å²) in [4.78, 5) is 72.0. The van der Waals surface area contributed by atoms with Gasteiger partial charge in [0.05, 0.1) is 19.8 Å². The zero-order chi connectivity index (χ0) is 26.2. The molecule has 192 valence electrons. The summed E-state index contributed by atoms with van der Waals surface area (Å²) in [7, 11) is 0. The molecule has 0 aliphatic heterocycles. The van der Waals surface area contributed by atoms with E-state index in [9.17, 15) is 28.8 Å². The van der Waals surface area contributed by atoms with Crippen LogP contribution < -0.4 is 17.1 Å². The molecule has 1 rings (SSSR count). The summed E-state index contributed by atoms with van der Waals surface area (Å²) < 4.78 is 17.4. The molecular formula is C23H31N3O9. The molecule has 0 amide bonds. The van der Waals surface area contributed by atoms with Gasteiger partial charge in [-0.25, -0.2) is 42.5 Å². The largest absolute Gasteiger partial charge is 0.463 e. The van der Waals surface area contributed by atoms with Gasteiger partial charge in [0.25, 0.3) is 0 Å². The Morgan fingerprint density at radius 3 is 1.20 bits per heavy atom. The number of hydrogen-bond donors (Lipinski definition) is 0. The molecule has 0 radical (unpaired) electrons. The van der Waals surface area contributed by atoms with Crippen LogP contribution in [0.2, 0.25) is 0 Å². The number of unbranched alkanes of at least 4 members (excludes halogenated alkanes) is 2. The maximum absolute atomic E-state index is 12.9. The Balaban J connectivity index is 2.99. The van der Waals surface area contributed by atoms with E-state index in [1.54, 1.807) is 0 Å². The average molecular weight is 494 g/mol. The standard InChI is InChI=1S/C23H31N3O9/c1-4-18(27)33-15-9-7-8-12-24-21(30)25(13-10-16-34-19(28)5-2)23(32)26(22(24)31)14-11-17-35-20(29)6-3/h4-6H,1-3,7-17H2. The van der Waals surface area contributed by atoms with Gasteiger partial charge in [0.1, 0.15) is 0 Å². The van der Waals surface area contributed by atoms with E-state index in [2.05, 4.69) is 19.7 Å². The van der Waals surface area contributed by atoms with Gasteiger partial charge in [-0.3, -0.25) is 0 Å². The van der Waals surface area contributed by atoms with Gasteiger partial charge in [-0.15, -0.1) is 0 Å². The van der Waals surface area contributed by atoms with Crippen molar-refractivity contribution in [3.63, 3.8) is 0 Å². The first kappa shape index (κ1) is 29.1. The zero-order valence-electron chi connectivity index (χ0n) is 19.6. The second-order valence-electron chi connectivity index (χ2n) is 7.19. The fourth-order valence-corrected chi connectivity index (χ4v) is 2.95. The Labute approximate surface area is 201 Å². The maximum Gasteiger partial charge on any atom is 0.336 e. The smallest absolute Gasteiger partial charge is 0.336 e. The molecule has 1 heterocycles. The first-order valence-corrected chi connectivity index (χ1v) is 11.1. The number of carbonyl (C=O) groups excluding carboxylic acids is 3. The number of nitrogens with zero attached hydrogens (tertiary/aromatic N) is 3. The number of aromatic nitrogens is 3. The molecular weight excluding hydrogens is 462 g/mol. The van der Waals surface area contributed by atoms with Crippen molar-refractivity contribution < 1.29 is 28.6 Å². The fourth-order valence-electron chi connectivity index (χ4n) is 2.95. The third kappa shape index (κ3) is 9.82. The lowest BCUT2D eigenvalue weighted by Gasteiger charge is -2.14. The predicted octanol–water partition coefficient (Wildman–Crippen LogP) is 0.310. The molecule has 0 saturated heterocycles. The Bertz CT molecular complexity index is 1030. The van der Waals surface area contributed by atoms with Crippen LogP contribution in [0.25, 0.3) is 0 Å². The summed E-state index contributed by atoms with van der Waals surface area (Å²) in [6.07, 6.45) is 4.88. The van der Waals surface area contributed by atoms with Crippen molar-refractivity contribution >= 4 is 17.9 Å². The van der Waals surface area contributed by atoms with Crippen molar-refractivity contribution in [1.82, 2.24) is 13.7 Å². The second-order valence-corrected chi connectivity index (χ2v) is 7.19. The summed E-state index contributed by atoms with van der Waals surface area (Å²) >= 11 is 0. The summed E-state index contributed by atoms with van der Waals surface area (Å²) in [6.45, 7) is 9.85. The van der Waals surface area contributed by atoms with Crippen LogP contribution in [-0.4, -0.2) is 51.4 Å². The minimum Gasteiger partial charge on any atom is -0.463 e. The molecule has 35 heavy (non-hydrogen) atoms. The summed E-state index contributed by atoms with van der Waals surface area (Å²) in [6, 6.07) is 0. The molecule has 0 aliphatic rings. The molecule has 0 aliphatic carbocycles. The van der Waals surface area contributed by atoms with Crippen LogP contribution in [0.5, 0.6) is 0 Å². The Kier molecular flexibility index (Phi) is 13.1. The van der Waals surface area contributed by atoms with Crippen LogP contribution >= 0.6 is 0 Å². The minimum absolute atomic E-state index is 0.0448. The van der Waals surface area contributed by atoms with Gasteiger partial charge in [0.2, 0.25) is 0 Å². The van der Waals surface area contributed by atoms with Crippen LogP contribution in [-0.2, 0) is 48.2 Å². The predicted molar refractivity (Wildman–Crippen MR) is 126 cm³/mol. The van der Waals surface area contributed by atoms with Crippen molar-refractivity contribution in [3.05, 3.63) is 69.4 Å². The van der Waals surface area contributed by atoms with E-state index in [0.29, 0.717) is 19.3 Å². The molecule has 0 N–H and O–H groups in total. The first-order chi connectivity index (χ1) is 16.8. The topological polar surface area (TPSA) is 145 Å². The van der Waals surface area contributed by atoms with Crippen LogP contribution in [0.4, 0.5) is 0 Å². The quantitative estimate of drug-likeness (QED) is 0.130. The summed E-state index contributed by atoms with van der Waals surface area (Å²) in [5.41, 5.74) is -2.36. The van der Waals surface area contributed by atoms with Crippen molar-refractivity contribution in [3.8, 4) is 0 Å². The normalized spacial score (nSPS) is 10.3. The van der Waals surface area contributed by atoms with Crippen molar-refractivity contribution in [2.75, 3.05) is 19.8 Å². The van der Waals surface area contributed by atoms with Gasteiger partial charge < -0.3 is 14.2 Å². The number of rotatable bonds is 17. The highest BCUT2D eigenvalue weighted by Crippen LogP contribution is 1.98. The highest BCUT2D eigenvalue weighted by Gasteiger charge is 2.15. The Morgan fingerprint density at radius 2 is 0.857 bits per heavy atom. The molecule has 0 atom stereocenters. The van der Waals surface area contributed by atoms with E-state index in [4.69, 9.17) is 14.2 Å². The van der Waals surface area contributed by atoms with E-state index < -0.39 is 35.0 Å². The SMILES string of the molecule is C=CC(=O)OCCCCCn1c(=O)n(CCCOC(=O)C=C)c(=O)n(CCCOC(=O)C=C)c1=O. The molecule has 0 bridgehead atoms. The lowest BCUT2D eigenvalue weighted by Crippen LogP contribution is -2.54. The van der Waals surface area contributed by atoms with E-state index in [0.717, 1.165) is 31.9 Å². The van der Waals surface area contributed by atoms with Crippen molar-refractivity contribution in [1.29, 1.82) is 0 Å². The highest BCUT2D eigenvalue weighted by molar-refractivity contribution is 5.81. The molecule has 12 heteroatoms. The third-order valence-electron chi connectivity index (χ3n) is 4.70. The van der Waals surface area contributed by atoms with Gasteiger partial charge in [-0.2, -0.15) is 0 Å². The fraction of sp³-hybridized carbons (Fsp3) is 0.478. The number of hydrogen-bond acceptors (Lipinski definition) is 9. The van der Waals surface area contributed by atoms with Crippen LogP contribution in [0, 0.1) is 0 Å². The molecule has 1 aromatic heterocycles. The number of esters is 3. The maximum atomic E-state index is 12.9. The van der Waals surface area contributed by atoms with Crippen LogP contribution in [0.15, 0.2) is 52.3 Å². The van der Waals surface area contributed by atoms with Crippen LogP contribution in [0.3, 0.4) is 0 Å². The molecule has 0 aromatic carbocycles. The summed E-state index contributed by atoms with van der Waals surface area (Å²) in [5.74, 6) is -1.80. The monoisotopic (exact) mass is 493 g/mol. The number of ether oxygens (including phenoxy) is 3. The van der Waals surface area contributed by atoms with E-state index in [-0.39, 0.29) is 52.3 Å². The average Bonchev–Trinajstić information content (AvgIpc) is 2.85. The first-order valence-electron chi connectivity index (χ1n) is 11.1. The van der Waals surface area contributed by atoms with Gasteiger partial charge in [-0.05, 0) is 32.1 Å². The molecule has 12 nitrogen and oxygen atoms in total. The lowest BCUT2D eigenvalue weighted by atomic mass is 10.2. The van der Waals surface area contributed by atoms with Gasteiger partial charge in [0, 0.05) is 37.9 Å². The highest BCUT2D eigenvalue weighted by atomic mass is 16.5. The van der Waals surface area contributed by atoms with E-state index in [1.807, 2.05) is 0 Å². The summed E-state index contributed by atoms with van der Waals surface area (Å²) in [5, 5.41) is 0. The number of carbonyl (C=O) groups is 3. The minimum atomic E-state index is -0.808. The molecule has 1 aromatic rings. The molecule has 0 fully saturated rings. The molecule has 0 spiro atoms. The molecule has 0 saturated carbocycles. The van der Waals surface area contributed by atoms with Crippen molar-refractivity contribution in [2.24, 2.45) is 0 Å². The third-order valence-corrected chi connectivity index (χ3v) is 4.70. The Hall–Kier alpha value is -3.96. The second kappa shape index (κ2) is 15.8. The van der Waals surface area contributed by atoms with E-state index >= 15 is 0 Å². The van der Waals surface area contributed by atoms with Gasteiger partial charge >= 0.3 is 35.0 Å². The van der Waals surface area contributed by atoms with Gasteiger partial charge in [0.15, 0.2) is 0 Å². The van der Waals surface area contributed by atoms with Gasteiger partial charge in [-0.1, -0.05) is 19.7 Å². The zero-order valence-corrected chi connectivity index (χ0v) is 19.6. The molecule has 0 unspecified atom stereocenters. The lowest BCUT2D eigenvalue weighted by molar-refractivity contribution is -0.138. The van der Waals surface area contributed by atoms with Crippen molar-refractivity contribution in [2.45, 2.75) is 51.7 Å². The van der Waals surface area contributed by atoms with Crippen LogP contribution in [0.1, 0.15) is 32.1 Å². The Morgan fingerprint density at radius 1 is 0.543 bits per heavy atom. The van der Waals surface area contributed by atoms with E-state index in [1.165, 1.54) is 0 Å².